The van der Waals surface area contributed by atoms with Crippen LogP contribution in [-0.4, -0.2) is 54.7 Å². The number of nitrogens with two attached hydrogens (primary N) is 1. The third-order valence-corrected chi connectivity index (χ3v) is 4.88. The molecule has 1 aliphatic heterocycles. The van der Waals surface area contributed by atoms with Crippen molar-refractivity contribution < 1.29 is 4.79 Å². The fraction of sp³-hybridized carbons (Fsp3) is 0.588. The Labute approximate surface area is 152 Å². The van der Waals surface area contributed by atoms with Crippen LogP contribution < -0.4 is 11.1 Å². The highest BCUT2D eigenvalue weighted by Crippen LogP contribution is 2.28. The molecular weight excluding hydrogens is 332 g/mol. The Bertz CT molecular complexity index is 771. The lowest BCUT2D eigenvalue weighted by Crippen LogP contribution is -2.33. The van der Waals surface area contributed by atoms with Crippen molar-refractivity contribution in [2.75, 3.05) is 24.1 Å². The minimum absolute atomic E-state index is 0.176. The molecule has 0 radical (unpaired) electrons. The molecule has 3 heterocycles. The Hall–Kier alpha value is -2.71. The standard InChI is InChI=1S/C17H24N8O/c18-17-22-14-6-9-24(15(26)2-1-7-25-11-19-10-20-25)8-5-13(14)16(23-17)21-12-3-4-12/h10-12H,1-9H2,(H3,18,21,22,23). The fourth-order valence-electron chi connectivity index (χ4n) is 3.31. The van der Waals surface area contributed by atoms with E-state index in [0.717, 1.165) is 36.3 Å². The molecule has 0 saturated heterocycles. The van der Waals surface area contributed by atoms with Crippen LogP contribution in [0.1, 0.15) is 36.9 Å². The van der Waals surface area contributed by atoms with E-state index in [2.05, 4.69) is 25.4 Å². The van der Waals surface area contributed by atoms with Crippen molar-refractivity contribution in [1.82, 2.24) is 29.6 Å². The Balaban J connectivity index is 1.37. The fourth-order valence-corrected chi connectivity index (χ4v) is 3.31. The lowest BCUT2D eigenvalue weighted by Gasteiger charge is -2.20. The van der Waals surface area contributed by atoms with Crippen LogP contribution in [0.25, 0.3) is 0 Å². The van der Waals surface area contributed by atoms with Crippen molar-refractivity contribution >= 4 is 17.7 Å². The van der Waals surface area contributed by atoms with Gasteiger partial charge in [0.1, 0.15) is 18.5 Å². The van der Waals surface area contributed by atoms with Gasteiger partial charge in [0, 0.05) is 44.1 Å². The van der Waals surface area contributed by atoms with E-state index in [1.807, 2.05) is 4.90 Å². The Morgan fingerprint density at radius 1 is 1.27 bits per heavy atom. The number of aryl methyl sites for hydroxylation is 1. The monoisotopic (exact) mass is 356 g/mol. The van der Waals surface area contributed by atoms with Gasteiger partial charge >= 0.3 is 0 Å². The third-order valence-electron chi connectivity index (χ3n) is 4.88. The van der Waals surface area contributed by atoms with Gasteiger partial charge in [-0.3, -0.25) is 9.48 Å². The molecule has 9 heteroatoms. The summed E-state index contributed by atoms with van der Waals surface area (Å²) in [5.41, 5.74) is 7.97. The van der Waals surface area contributed by atoms with Crippen LogP contribution in [0.15, 0.2) is 12.7 Å². The number of rotatable bonds is 6. The molecule has 0 spiro atoms. The summed E-state index contributed by atoms with van der Waals surface area (Å²) in [4.78, 5) is 27.2. The van der Waals surface area contributed by atoms with Crippen molar-refractivity contribution in [2.45, 2.75) is 51.1 Å². The molecule has 9 nitrogen and oxygen atoms in total. The SMILES string of the molecule is Nc1nc2c(c(NC3CC3)n1)CCN(C(=O)CCCn1cncn1)CC2. The van der Waals surface area contributed by atoms with E-state index >= 15 is 0 Å². The summed E-state index contributed by atoms with van der Waals surface area (Å²) in [6, 6.07) is 0.506. The molecular formula is C17H24N8O. The second-order valence-corrected chi connectivity index (χ2v) is 6.92. The van der Waals surface area contributed by atoms with E-state index in [1.165, 1.54) is 19.2 Å². The maximum absolute atomic E-state index is 12.6. The van der Waals surface area contributed by atoms with Gasteiger partial charge in [0.15, 0.2) is 0 Å². The van der Waals surface area contributed by atoms with Gasteiger partial charge in [0.05, 0.1) is 5.69 Å². The van der Waals surface area contributed by atoms with Crippen LogP contribution in [0.2, 0.25) is 0 Å². The zero-order chi connectivity index (χ0) is 17.9. The van der Waals surface area contributed by atoms with Crippen molar-refractivity contribution in [3.63, 3.8) is 0 Å². The second-order valence-electron chi connectivity index (χ2n) is 6.92. The summed E-state index contributed by atoms with van der Waals surface area (Å²) >= 11 is 0. The van der Waals surface area contributed by atoms with Crippen LogP contribution in [0.4, 0.5) is 11.8 Å². The van der Waals surface area contributed by atoms with Gasteiger partial charge < -0.3 is 16.0 Å². The van der Waals surface area contributed by atoms with E-state index in [9.17, 15) is 4.79 Å². The van der Waals surface area contributed by atoms with Gasteiger partial charge in [-0.2, -0.15) is 10.1 Å². The van der Waals surface area contributed by atoms with Gasteiger partial charge in [-0.15, -0.1) is 0 Å². The number of nitrogen functional groups attached to an aromatic ring is 1. The minimum Gasteiger partial charge on any atom is -0.368 e. The molecule has 0 atom stereocenters. The van der Waals surface area contributed by atoms with Crippen LogP contribution in [0.5, 0.6) is 0 Å². The van der Waals surface area contributed by atoms with Crippen molar-refractivity contribution in [2.24, 2.45) is 0 Å². The van der Waals surface area contributed by atoms with Crippen LogP contribution in [-0.2, 0) is 24.2 Å². The molecule has 0 unspecified atom stereocenters. The summed E-state index contributed by atoms with van der Waals surface area (Å²) in [6.07, 6.45) is 8.28. The minimum atomic E-state index is 0.176. The smallest absolute Gasteiger partial charge is 0.222 e. The van der Waals surface area contributed by atoms with Crippen LogP contribution in [0.3, 0.4) is 0 Å². The molecule has 1 fully saturated rings. The predicted octanol–water partition coefficient (Wildman–Crippen LogP) is 0.632. The number of carbonyl (C=O) groups excluding carboxylic acids is 1. The quantitative estimate of drug-likeness (QED) is 0.780. The number of aromatic nitrogens is 5. The highest BCUT2D eigenvalue weighted by atomic mass is 16.2. The van der Waals surface area contributed by atoms with Crippen molar-refractivity contribution in [1.29, 1.82) is 0 Å². The van der Waals surface area contributed by atoms with E-state index < -0.39 is 0 Å². The Morgan fingerprint density at radius 2 is 2.12 bits per heavy atom. The highest BCUT2D eigenvalue weighted by molar-refractivity contribution is 5.76. The lowest BCUT2D eigenvalue weighted by molar-refractivity contribution is -0.131. The molecule has 1 saturated carbocycles. The average Bonchev–Trinajstić information content (AvgIpc) is 3.33. The van der Waals surface area contributed by atoms with Crippen molar-refractivity contribution in [3.05, 3.63) is 23.9 Å². The number of anilines is 2. The first kappa shape index (κ1) is 16.7. The highest BCUT2D eigenvalue weighted by Gasteiger charge is 2.26. The molecule has 0 bridgehead atoms. The maximum atomic E-state index is 12.6. The van der Waals surface area contributed by atoms with E-state index in [4.69, 9.17) is 5.73 Å². The first-order valence-electron chi connectivity index (χ1n) is 9.21. The van der Waals surface area contributed by atoms with Gasteiger partial charge in [0.25, 0.3) is 0 Å². The Morgan fingerprint density at radius 3 is 2.88 bits per heavy atom. The van der Waals surface area contributed by atoms with Gasteiger partial charge in [-0.1, -0.05) is 0 Å². The molecule has 138 valence electrons. The number of hydrogen-bond acceptors (Lipinski definition) is 7. The van der Waals surface area contributed by atoms with Gasteiger partial charge in [-0.05, 0) is 25.7 Å². The van der Waals surface area contributed by atoms with E-state index in [1.54, 1.807) is 11.0 Å². The number of nitrogens with one attached hydrogen (secondary N) is 1. The zero-order valence-corrected chi connectivity index (χ0v) is 14.8. The summed E-state index contributed by atoms with van der Waals surface area (Å²) in [7, 11) is 0. The lowest BCUT2D eigenvalue weighted by atomic mass is 10.1. The molecule has 0 aromatic carbocycles. The largest absolute Gasteiger partial charge is 0.368 e. The number of nitrogens with zero attached hydrogens (tertiary/aromatic N) is 6. The van der Waals surface area contributed by atoms with E-state index in [0.29, 0.717) is 38.0 Å². The Kier molecular flexibility index (Phi) is 4.68. The molecule has 1 amide bonds. The summed E-state index contributed by atoms with van der Waals surface area (Å²) in [5, 5.41) is 7.52. The van der Waals surface area contributed by atoms with Gasteiger partial charge in [0.2, 0.25) is 11.9 Å². The predicted molar refractivity (Wildman–Crippen MR) is 96.3 cm³/mol. The number of fused-ring (bicyclic) bond motifs is 1. The first-order valence-corrected chi connectivity index (χ1v) is 9.21. The van der Waals surface area contributed by atoms with Crippen LogP contribution >= 0.6 is 0 Å². The molecule has 1 aliphatic carbocycles. The summed E-state index contributed by atoms with van der Waals surface area (Å²) in [5.74, 6) is 1.34. The average molecular weight is 356 g/mol. The summed E-state index contributed by atoms with van der Waals surface area (Å²) in [6.45, 7) is 2.08. The topological polar surface area (TPSA) is 115 Å². The first-order chi connectivity index (χ1) is 12.7. The van der Waals surface area contributed by atoms with Crippen molar-refractivity contribution in [3.8, 4) is 0 Å². The molecule has 3 N–H and O–H groups in total. The molecule has 4 rings (SSSR count). The molecule has 2 aromatic heterocycles. The number of amides is 1. The number of carbonyl (C=O) groups is 1. The second kappa shape index (κ2) is 7.27. The molecule has 2 aromatic rings. The normalized spacial score (nSPS) is 16.8. The third kappa shape index (κ3) is 3.92. The number of hydrogen-bond donors (Lipinski definition) is 2. The maximum Gasteiger partial charge on any atom is 0.222 e. The zero-order valence-electron chi connectivity index (χ0n) is 14.8. The molecule has 2 aliphatic rings. The molecule has 26 heavy (non-hydrogen) atoms. The van der Waals surface area contributed by atoms with Gasteiger partial charge in [-0.25, -0.2) is 9.97 Å². The van der Waals surface area contributed by atoms with E-state index in [-0.39, 0.29) is 5.91 Å². The summed E-state index contributed by atoms with van der Waals surface area (Å²) < 4.78 is 1.75. The van der Waals surface area contributed by atoms with Crippen LogP contribution in [0, 0.1) is 0 Å².